The molecule has 144 valence electrons. The summed E-state index contributed by atoms with van der Waals surface area (Å²) in [4.78, 5) is 28.0. The van der Waals surface area contributed by atoms with Crippen LogP contribution >= 0.6 is 11.6 Å². The number of hydrogen-bond donors (Lipinski definition) is 1. The van der Waals surface area contributed by atoms with E-state index >= 15 is 0 Å². The van der Waals surface area contributed by atoms with Crippen LogP contribution in [0.5, 0.6) is 0 Å². The molecule has 0 aliphatic heterocycles. The van der Waals surface area contributed by atoms with Gasteiger partial charge in [-0.1, -0.05) is 29.8 Å². The Morgan fingerprint density at radius 2 is 1.96 bits per heavy atom. The van der Waals surface area contributed by atoms with Gasteiger partial charge in [0.15, 0.2) is 5.76 Å². The molecule has 28 heavy (non-hydrogen) atoms. The third-order valence-corrected chi connectivity index (χ3v) is 4.43. The fourth-order valence-electron chi connectivity index (χ4n) is 2.70. The van der Waals surface area contributed by atoms with E-state index in [9.17, 15) is 14.9 Å². The number of aromatic nitrogens is 4. The number of rotatable bonds is 5. The normalized spacial score (nSPS) is 11.9. The summed E-state index contributed by atoms with van der Waals surface area (Å²) in [7, 11) is 1.46. The van der Waals surface area contributed by atoms with Crippen molar-refractivity contribution in [3.63, 3.8) is 0 Å². The van der Waals surface area contributed by atoms with Gasteiger partial charge in [-0.05, 0) is 35.0 Å². The lowest BCUT2D eigenvalue weighted by Crippen LogP contribution is -2.23. The van der Waals surface area contributed by atoms with E-state index in [4.69, 9.17) is 22.3 Å². The molecular weight excluding hydrogens is 388 g/mol. The number of tetrazole rings is 1. The van der Waals surface area contributed by atoms with E-state index in [0.717, 1.165) is 9.36 Å². The first kappa shape index (κ1) is 19.3. The third-order valence-electron chi connectivity index (χ3n) is 4.12. The molecule has 3 rings (SSSR count). The maximum atomic E-state index is 12.3. The van der Waals surface area contributed by atoms with Crippen LogP contribution in [-0.2, 0) is 11.9 Å². The zero-order valence-electron chi connectivity index (χ0n) is 14.9. The van der Waals surface area contributed by atoms with Gasteiger partial charge >= 0.3 is 5.69 Å². The smallest absolute Gasteiger partial charge is 0.368 e. The lowest BCUT2D eigenvalue weighted by molar-refractivity contribution is -0.384. The molecule has 0 bridgehead atoms. The highest BCUT2D eigenvalue weighted by atomic mass is 35.5. The predicted octanol–water partition coefficient (Wildman–Crippen LogP) is 2.31. The molecule has 10 nitrogen and oxygen atoms in total. The summed E-state index contributed by atoms with van der Waals surface area (Å²) in [5, 5.41) is 18.8. The number of nitro benzene ring substituents is 1. The van der Waals surface area contributed by atoms with Crippen LogP contribution < -0.4 is 11.6 Å². The van der Waals surface area contributed by atoms with E-state index in [0.29, 0.717) is 22.4 Å². The zero-order chi connectivity index (χ0) is 20.4. The molecule has 0 saturated carbocycles. The second kappa shape index (κ2) is 7.62. The van der Waals surface area contributed by atoms with Crippen molar-refractivity contribution in [1.82, 2.24) is 19.8 Å². The van der Waals surface area contributed by atoms with E-state index < -0.39 is 10.6 Å². The van der Waals surface area contributed by atoms with Crippen LogP contribution in [0.15, 0.2) is 47.3 Å². The molecule has 0 amide bonds. The number of halogens is 1. The quantitative estimate of drug-likeness (QED) is 0.300. The van der Waals surface area contributed by atoms with Crippen LogP contribution in [0.25, 0.3) is 17.0 Å². The van der Waals surface area contributed by atoms with E-state index in [2.05, 4.69) is 10.4 Å². The maximum Gasteiger partial charge on any atom is 0.368 e. The molecule has 0 fully saturated rings. The van der Waals surface area contributed by atoms with Gasteiger partial charge in [0, 0.05) is 24.8 Å². The molecule has 2 aromatic carbocycles. The summed E-state index contributed by atoms with van der Waals surface area (Å²) in [6.07, 6.45) is 0. The molecule has 3 aromatic rings. The average molecular weight is 403 g/mol. The van der Waals surface area contributed by atoms with E-state index in [1.807, 2.05) is 0 Å². The number of non-ortho nitro benzene ring substituents is 1. The summed E-state index contributed by atoms with van der Waals surface area (Å²) in [5.41, 5.74) is 1.02. The number of benzene rings is 2. The van der Waals surface area contributed by atoms with Crippen LogP contribution in [0, 0.1) is 10.1 Å². The van der Waals surface area contributed by atoms with Crippen LogP contribution in [0.3, 0.4) is 0 Å². The topological polar surface area (TPSA) is 131 Å². The largest absolute Gasteiger partial charge is 0.410 e. The molecule has 0 radical (unpaired) electrons. The van der Waals surface area contributed by atoms with Gasteiger partial charge in [-0.2, -0.15) is 15.3 Å². The molecule has 0 saturated heterocycles. The van der Waals surface area contributed by atoms with Crippen LogP contribution in [-0.4, -0.2) is 24.7 Å². The fourth-order valence-corrected chi connectivity index (χ4v) is 2.95. The summed E-state index contributed by atoms with van der Waals surface area (Å²) < 4.78 is 2.12. The Hall–Kier alpha value is -3.50. The minimum absolute atomic E-state index is 0.0854. The Morgan fingerprint density at radius 3 is 2.57 bits per heavy atom. The van der Waals surface area contributed by atoms with Gasteiger partial charge in [-0.15, -0.1) is 0 Å². The van der Waals surface area contributed by atoms with Crippen LogP contribution in [0.1, 0.15) is 18.1 Å². The van der Waals surface area contributed by atoms with Crippen molar-refractivity contribution >= 4 is 28.6 Å². The first-order valence-corrected chi connectivity index (χ1v) is 8.33. The third kappa shape index (κ3) is 3.38. The van der Waals surface area contributed by atoms with Gasteiger partial charge in [-0.3, -0.25) is 10.1 Å². The Labute approximate surface area is 163 Å². The summed E-state index contributed by atoms with van der Waals surface area (Å²) >= 11 is 6.38. The van der Waals surface area contributed by atoms with Gasteiger partial charge in [-0.25, -0.2) is 4.79 Å². The fraction of sp³-hybridized carbons (Fsp3) is 0.118. The number of nitrogens with zero attached hydrogens (tertiary/aromatic N) is 5. The highest BCUT2D eigenvalue weighted by Gasteiger charge is 2.21. The van der Waals surface area contributed by atoms with Gasteiger partial charge in [0.1, 0.15) is 0 Å². The van der Waals surface area contributed by atoms with Crippen molar-refractivity contribution in [1.29, 1.82) is 0 Å². The Bertz CT molecular complexity index is 1150. The van der Waals surface area contributed by atoms with Crippen molar-refractivity contribution in [2.24, 2.45) is 12.9 Å². The Balaban J connectivity index is 2.27. The highest BCUT2D eigenvalue weighted by Crippen LogP contribution is 2.35. The molecule has 0 atom stereocenters. The number of aryl methyl sites for hydroxylation is 1. The lowest BCUT2D eigenvalue weighted by Gasteiger charge is -2.15. The molecule has 0 aliphatic carbocycles. The van der Waals surface area contributed by atoms with E-state index in [1.54, 1.807) is 37.3 Å². The molecule has 11 heteroatoms. The second-order valence-electron chi connectivity index (χ2n) is 5.81. The lowest BCUT2D eigenvalue weighted by atomic mass is 10.0. The number of nitrogens with two attached hydrogens (primary N) is 1. The van der Waals surface area contributed by atoms with Crippen LogP contribution in [0.2, 0.25) is 5.02 Å². The first-order valence-electron chi connectivity index (χ1n) is 7.96. The number of allylic oxidation sites excluding steroid dienone is 1. The number of nitro groups is 1. The van der Waals surface area contributed by atoms with E-state index in [-0.39, 0.29) is 16.5 Å². The van der Waals surface area contributed by atoms with Crippen molar-refractivity contribution in [2.75, 3.05) is 0 Å². The average Bonchev–Trinajstić information content (AvgIpc) is 3.02. The molecule has 0 aliphatic rings. The summed E-state index contributed by atoms with van der Waals surface area (Å²) in [6, 6.07) is 10.8. The predicted molar refractivity (Wildman–Crippen MR) is 102 cm³/mol. The van der Waals surface area contributed by atoms with Gasteiger partial charge in [0.05, 0.1) is 21.2 Å². The Morgan fingerprint density at radius 1 is 1.25 bits per heavy atom. The zero-order valence-corrected chi connectivity index (χ0v) is 15.6. The summed E-state index contributed by atoms with van der Waals surface area (Å²) in [6.45, 7) is 1.67. The molecule has 2 N–H and O–H groups in total. The van der Waals surface area contributed by atoms with Gasteiger partial charge in [0.2, 0.25) is 0 Å². The van der Waals surface area contributed by atoms with Crippen molar-refractivity contribution in [3.05, 3.63) is 79.2 Å². The second-order valence-corrected chi connectivity index (χ2v) is 6.22. The Kier molecular flexibility index (Phi) is 5.25. The minimum Gasteiger partial charge on any atom is -0.410 e. The van der Waals surface area contributed by atoms with Gasteiger partial charge in [0.25, 0.3) is 5.69 Å². The van der Waals surface area contributed by atoms with Crippen LogP contribution in [0.4, 0.5) is 5.69 Å². The van der Waals surface area contributed by atoms with Gasteiger partial charge < -0.3 is 4.84 Å². The van der Waals surface area contributed by atoms with Crippen molar-refractivity contribution < 1.29 is 9.76 Å². The number of hydrogen-bond acceptors (Lipinski definition) is 7. The van der Waals surface area contributed by atoms with E-state index in [1.165, 1.54) is 19.2 Å². The molecular formula is C17H15ClN6O4. The minimum atomic E-state index is -0.500. The van der Waals surface area contributed by atoms with Crippen molar-refractivity contribution in [2.45, 2.75) is 6.92 Å². The molecule has 0 spiro atoms. The molecule has 0 unspecified atom stereocenters. The highest BCUT2D eigenvalue weighted by molar-refractivity contribution is 6.33. The van der Waals surface area contributed by atoms with Crippen molar-refractivity contribution in [3.8, 4) is 5.69 Å². The summed E-state index contributed by atoms with van der Waals surface area (Å²) in [5.74, 6) is 5.66. The maximum absolute atomic E-state index is 12.3. The molecule has 1 heterocycles. The standard InChI is InChI=1S/C17H15ClN6O4/c1-10(11-5-3-6-12(9-11)24(26)27)16(28-19)15-13(18)7-4-8-14(15)23-17(25)22(2)20-21-23/h3-9H,19H2,1-2H3/b16-10+. The SMILES string of the molecule is C/C(=C(\ON)c1c(Cl)cccc1-n1nnn(C)c1=O)c1cccc([N+](=O)[O-])c1. The molecule has 1 aromatic heterocycles. The first-order chi connectivity index (χ1) is 13.3. The monoisotopic (exact) mass is 402 g/mol.